The lowest BCUT2D eigenvalue weighted by atomic mass is 10.1. The number of nitriles is 1. The molecular weight excluding hydrogens is 316 g/mol. The molecule has 0 aromatic heterocycles. The highest BCUT2D eigenvalue weighted by atomic mass is 16.1. The van der Waals surface area contributed by atoms with Crippen molar-refractivity contribution < 1.29 is 4.79 Å². The van der Waals surface area contributed by atoms with Crippen LogP contribution in [-0.4, -0.2) is 17.5 Å². The number of amidine groups is 1. The molecule has 0 heterocycles. The maximum absolute atomic E-state index is 12.6. The fourth-order valence-electron chi connectivity index (χ4n) is 2.12. The van der Waals surface area contributed by atoms with Crippen molar-refractivity contribution in [3.8, 4) is 6.07 Å². The van der Waals surface area contributed by atoms with E-state index in [0.717, 1.165) is 16.8 Å². The molecule has 0 bridgehead atoms. The van der Waals surface area contributed by atoms with Gasteiger partial charge in [0.2, 0.25) is 5.71 Å². The molecule has 0 saturated carbocycles. The molecule has 25 heavy (non-hydrogen) atoms. The van der Waals surface area contributed by atoms with Gasteiger partial charge < -0.3 is 11.1 Å². The van der Waals surface area contributed by atoms with Crippen molar-refractivity contribution in [2.24, 2.45) is 10.8 Å². The van der Waals surface area contributed by atoms with Gasteiger partial charge in [0.25, 0.3) is 5.91 Å². The summed E-state index contributed by atoms with van der Waals surface area (Å²) >= 11 is 0. The molecule has 126 valence electrons. The number of benzene rings is 2. The Kier molecular flexibility index (Phi) is 5.48. The zero-order valence-electron chi connectivity index (χ0n) is 13.9. The predicted octanol–water partition coefficient (Wildman–Crippen LogP) is 2.78. The molecule has 5 N–H and O–H groups in total. The summed E-state index contributed by atoms with van der Waals surface area (Å²) in [5, 5.41) is 22.8. The van der Waals surface area contributed by atoms with Crippen molar-refractivity contribution in [3.63, 3.8) is 0 Å². The van der Waals surface area contributed by atoms with Gasteiger partial charge in [-0.05, 0) is 43.2 Å². The van der Waals surface area contributed by atoms with E-state index in [4.69, 9.17) is 16.4 Å². The smallest absolute Gasteiger partial charge is 0.257 e. The van der Waals surface area contributed by atoms with Crippen molar-refractivity contribution in [2.75, 3.05) is 10.7 Å². The molecule has 7 heteroatoms. The van der Waals surface area contributed by atoms with Crippen LogP contribution < -0.4 is 16.5 Å². The standard InChI is InChI=1S/C18H18N6O/c1-11-6-5-9-14(12(11)2)22-18(25)13-7-3-4-8-15(13)23-24-16(10-19)17(20)21/h3-9,23H,1-2H3,(H3,20,21)(H,22,25)/b24-16+. The summed E-state index contributed by atoms with van der Waals surface area (Å²) in [6.07, 6.45) is 0. The van der Waals surface area contributed by atoms with Crippen LogP contribution in [0.4, 0.5) is 11.4 Å². The molecule has 0 atom stereocenters. The Hall–Kier alpha value is -3.66. The third kappa shape index (κ3) is 4.20. The molecule has 0 fully saturated rings. The highest BCUT2D eigenvalue weighted by Gasteiger charge is 2.13. The van der Waals surface area contributed by atoms with E-state index < -0.39 is 5.84 Å². The Morgan fingerprint density at radius 1 is 1.16 bits per heavy atom. The highest BCUT2D eigenvalue weighted by molar-refractivity contribution is 6.45. The molecule has 7 nitrogen and oxygen atoms in total. The maximum atomic E-state index is 12.6. The summed E-state index contributed by atoms with van der Waals surface area (Å²) in [7, 11) is 0. The Morgan fingerprint density at radius 2 is 1.84 bits per heavy atom. The van der Waals surface area contributed by atoms with Gasteiger partial charge in [-0.1, -0.05) is 24.3 Å². The number of hydrazone groups is 1. The zero-order valence-corrected chi connectivity index (χ0v) is 13.9. The lowest BCUT2D eigenvalue weighted by Gasteiger charge is -2.12. The van der Waals surface area contributed by atoms with Crippen LogP contribution in [0.5, 0.6) is 0 Å². The van der Waals surface area contributed by atoms with Crippen molar-refractivity contribution in [1.29, 1.82) is 10.7 Å². The lowest BCUT2D eigenvalue weighted by molar-refractivity contribution is 0.102. The number of amides is 1. The van der Waals surface area contributed by atoms with Crippen LogP contribution in [0.15, 0.2) is 47.6 Å². The van der Waals surface area contributed by atoms with Crippen LogP contribution in [0.2, 0.25) is 0 Å². The van der Waals surface area contributed by atoms with Crippen LogP contribution in [-0.2, 0) is 0 Å². The third-order valence-corrected chi connectivity index (χ3v) is 3.67. The molecule has 0 radical (unpaired) electrons. The predicted molar refractivity (Wildman–Crippen MR) is 98.9 cm³/mol. The number of aryl methyl sites for hydroxylation is 1. The van der Waals surface area contributed by atoms with E-state index in [-0.39, 0.29) is 11.6 Å². The number of hydrogen-bond donors (Lipinski definition) is 4. The van der Waals surface area contributed by atoms with E-state index in [1.165, 1.54) is 0 Å². The van der Waals surface area contributed by atoms with Crippen molar-refractivity contribution in [1.82, 2.24) is 0 Å². The van der Waals surface area contributed by atoms with Gasteiger partial charge in [-0.25, -0.2) is 0 Å². The fourth-order valence-corrected chi connectivity index (χ4v) is 2.12. The van der Waals surface area contributed by atoms with Gasteiger partial charge in [0.15, 0.2) is 5.84 Å². The van der Waals surface area contributed by atoms with Gasteiger partial charge in [0, 0.05) is 5.69 Å². The molecule has 0 unspecified atom stereocenters. The first-order chi connectivity index (χ1) is 11.9. The van der Waals surface area contributed by atoms with Gasteiger partial charge in [-0.15, -0.1) is 0 Å². The van der Waals surface area contributed by atoms with Crippen molar-refractivity contribution >= 4 is 28.8 Å². The quantitative estimate of drug-likeness (QED) is 0.381. The van der Waals surface area contributed by atoms with E-state index >= 15 is 0 Å². The van der Waals surface area contributed by atoms with E-state index in [0.29, 0.717) is 11.3 Å². The summed E-state index contributed by atoms with van der Waals surface area (Å²) in [6, 6.07) is 14.1. The zero-order chi connectivity index (χ0) is 18.4. The molecule has 2 rings (SSSR count). The summed E-state index contributed by atoms with van der Waals surface area (Å²) in [5.74, 6) is -0.763. The van der Waals surface area contributed by atoms with Crippen LogP contribution in [0, 0.1) is 30.6 Å². The molecule has 2 aromatic rings. The number of para-hydroxylation sites is 1. The molecule has 0 aliphatic rings. The second kappa shape index (κ2) is 7.75. The monoisotopic (exact) mass is 334 g/mol. The number of nitrogens with one attached hydrogen (secondary N) is 3. The van der Waals surface area contributed by atoms with E-state index in [1.54, 1.807) is 30.3 Å². The molecule has 2 aromatic carbocycles. The summed E-state index contributed by atoms with van der Waals surface area (Å²) in [6.45, 7) is 3.91. The SMILES string of the molecule is Cc1cccc(NC(=O)c2ccccc2N/N=C(\C#N)C(=N)N)c1C. The van der Waals surface area contributed by atoms with Crippen LogP contribution in [0.1, 0.15) is 21.5 Å². The molecule has 0 spiro atoms. The first-order valence-corrected chi connectivity index (χ1v) is 7.48. The van der Waals surface area contributed by atoms with Gasteiger partial charge >= 0.3 is 0 Å². The summed E-state index contributed by atoms with van der Waals surface area (Å²) < 4.78 is 0. The average molecular weight is 334 g/mol. The number of nitrogens with two attached hydrogens (primary N) is 1. The van der Waals surface area contributed by atoms with Crippen LogP contribution in [0.25, 0.3) is 0 Å². The minimum absolute atomic E-state index is 0.260. The number of carbonyl (C=O) groups is 1. The minimum Gasteiger partial charge on any atom is -0.382 e. The normalized spacial score (nSPS) is 10.7. The lowest BCUT2D eigenvalue weighted by Crippen LogP contribution is -2.22. The number of anilines is 2. The Bertz CT molecular complexity index is 895. The summed E-state index contributed by atoms with van der Waals surface area (Å²) in [4.78, 5) is 12.6. The molecule has 0 aliphatic heterocycles. The maximum Gasteiger partial charge on any atom is 0.257 e. The van der Waals surface area contributed by atoms with E-state index in [9.17, 15) is 4.79 Å². The number of hydrogen-bond acceptors (Lipinski definition) is 5. The fraction of sp³-hybridized carbons (Fsp3) is 0.111. The number of carbonyl (C=O) groups excluding carboxylic acids is 1. The second-order valence-electron chi connectivity index (χ2n) is 5.34. The first-order valence-electron chi connectivity index (χ1n) is 7.48. The van der Waals surface area contributed by atoms with Gasteiger partial charge in [-0.3, -0.25) is 15.6 Å². The van der Waals surface area contributed by atoms with Crippen LogP contribution >= 0.6 is 0 Å². The Morgan fingerprint density at radius 3 is 2.52 bits per heavy atom. The first kappa shape index (κ1) is 17.7. The summed E-state index contributed by atoms with van der Waals surface area (Å²) in [5.41, 5.74) is 11.2. The third-order valence-electron chi connectivity index (χ3n) is 3.67. The second-order valence-corrected chi connectivity index (χ2v) is 5.34. The molecule has 0 saturated heterocycles. The van der Waals surface area contributed by atoms with Gasteiger partial charge in [0.1, 0.15) is 6.07 Å². The van der Waals surface area contributed by atoms with Crippen LogP contribution in [0.3, 0.4) is 0 Å². The highest BCUT2D eigenvalue weighted by Crippen LogP contribution is 2.21. The molecule has 0 aliphatic carbocycles. The van der Waals surface area contributed by atoms with Crippen molar-refractivity contribution in [3.05, 3.63) is 59.2 Å². The van der Waals surface area contributed by atoms with E-state index in [2.05, 4.69) is 15.8 Å². The topological polar surface area (TPSA) is 127 Å². The Labute approximate surface area is 145 Å². The van der Waals surface area contributed by atoms with Gasteiger partial charge in [0.05, 0.1) is 11.3 Å². The van der Waals surface area contributed by atoms with Crippen molar-refractivity contribution in [2.45, 2.75) is 13.8 Å². The average Bonchev–Trinajstić information content (AvgIpc) is 2.59. The minimum atomic E-state index is -0.452. The van der Waals surface area contributed by atoms with E-state index in [1.807, 2.05) is 32.0 Å². The number of nitrogens with zero attached hydrogens (tertiary/aromatic N) is 2. The molecule has 1 amide bonds. The Balaban J connectivity index is 2.28. The molecular formula is C18H18N6O. The number of rotatable bonds is 5. The van der Waals surface area contributed by atoms with Gasteiger partial charge in [-0.2, -0.15) is 10.4 Å². The largest absolute Gasteiger partial charge is 0.382 e.